The van der Waals surface area contributed by atoms with Crippen LogP contribution in [0.2, 0.25) is 0 Å². The van der Waals surface area contributed by atoms with Crippen molar-refractivity contribution in [2.75, 3.05) is 34.2 Å². The van der Waals surface area contributed by atoms with Gasteiger partial charge in [0.1, 0.15) is 5.69 Å². The normalized spacial score (nSPS) is 12.3. The van der Waals surface area contributed by atoms with Crippen LogP contribution in [-0.2, 0) is 48.7 Å². The first-order chi connectivity index (χ1) is 30.2. The molecule has 5 aromatic rings. The van der Waals surface area contributed by atoms with E-state index in [4.69, 9.17) is 9.81 Å². The average Bonchev–Trinajstić information content (AvgIpc) is 3.22. The minimum atomic E-state index is -5.03. The van der Waals surface area contributed by atoms with Gasteiger partial charge in [-0.05, 0) is 54.6 Å². The van der Waals surface area contributed by atoms with E-state index < -0.39 is 88.4 Å². The number of anilines is 5. The highest BCUT2D eigenvalue weighted by Gasteiger charge is 2.21. The molecule has 31 heteroatoms. The van der Waals surface area contributed by atoms with Gasteiger partial charge in [0.05, 0.1) is 56.9 Å². The highest BCUT2D eigenvalue weighted by Crippen LogP contribution is 2.39. The fourth-order valence-corrected chi connectivity index (χ4v) is 7.76. The third-order valence-corrected chi connectivity index (χ3v) is 11.9. The van der Waals surface area contributed by atoms with Crippen LogP contribution >= 0.6 is 23.8 Å². The van der Waals surface area contributed by atoms with Crippen LogP contribution in [-0.4, -0.2) is 106 Å². The molecule has 0 aliphatic carbocycles. The van der Waals surface area contributed by atoms with Crippen LogP contribution in [0.15, 0.2) is 120 Å². The summed E-state index contributed by atoms with van der Waals surface area (Å²) in [6.07, 6.45) is 0. The Balaban J connectivity index is 1.50. The molecule has 5 rings (SSSR count). The predicted octanol–water partition coefficient (Wildman–Crippen LogP) is 4.77. The number of aromatic hydroxyl groups is 1. The lowest BCUT2D eigenvalue weighted by atomic mass is 10.2. The number of nitrogens with zero attached hydrogens (tertiary/aromatic N) is 6. The van der Waals surface area contributed by atoms with E-state index in [1.807, 2.05) is 0 Å². The second-order valence-corrected chi connectivity index (χ2v) is 18.3. The zero-order valence-electron chi connectivity index (χ0n) is 31.6. The van der Waals surface area contributed by atoms with Gasteiger partial charge in [-0.3, -0.25) is 19.3 Å². The van der Waals surface area contributed by atoms with Gasteiger partial charge >= 0.3 is 22.3 Å². The number of nitrogens with one attached hydrogen (secondary N) is 3. The second-order valence-electron chi connectivity index (χ2n) is 12.0. The summed E-state index contributed by atoms with van der Waals surface area (Å²) < 4.78 is 98.8. The lowest BCUT2D eigenvalue weighted by Crippen LogP contribution is -2.15. The number of thioether (sulfide) groups is 1. The summed E-state index contributed by atoms with van der Waals surface area (Å²) in [4.78, 5) is 34.9. The Kier molecular flexibility index (Phi) is 16.2. The Morgan fingerprint density at radius 1 is 0.797 bits per heavy atom. The van der Waals surface area contributed by atoms with E-state index >= 15 is 0 Å². The first-order valence-corrected chi connectivity index (χ1v) is 23.2. The van der Waals surface area contributed by atoms with Crippen molar-refractivity contribution in [2.24, 2.45) is 15.3 Å². The van der Waals surface area contributed by atoms with Gasteiger partial charge in [-0.1, -0.05) is 47.1 Å². The van der Waals surface area contributed by atoms with Gasteiger partial charge in [-0.2, -0.15) is 36.9 Å². The highest BCUT2D eigenvalue weighted by molar-refractivity contribution is 7.99. The fraction of sp³-hybridized carbons (Fsp3) is 0.0909. The second kappa shape index (κ2) is 21.3. The van der Waals surface area contributed by atoms with Crippen molar-refractivity contribution in [1.29, 1.82) is 0 Å². The number of phenols is 1. The van der Waals surface area contributed by atoms with Crippen LogP contribution in [0.1, 0.15) is 15.9 Å². The van der Waals surface area contributed by atoms with Gasteiger partial charge in [0.2, 0.25) is 17.7 Å². The van der Waals surface area contributed by atoms with Gasteiger partial charge in [-0.25, -0.2) is 22.7 Å². The molecular formula is C33H29N9O17S5. The number of carbonyl (C=O) groups is 2. The molecule has 0 atom stereocenters. The fourth-order valence-electron chi connectivity index (χ4n) is 4.79. The highest BCUT2D eigenvalue weighted by atomic mass is 32.3. The molecule has 64 heavy (non-hydrogen) atoms. The molecule has 0 unspecified atom stereocenters. The number of hydrogen-bond acceptors (Lipinski definition) is 23. The van der Waals surface area contributed by atoms with Gasteiger partial charge in [0.25, 0.3) is 10.1 Å². The van der Waals surface area contributed by atoms with Crippen LogP contribution in [0.3, 0.4) is 0 Å². The summed E-state index contributed by atoms with van der Waals surface area (Å²) >= 11 is 1.16. The molecule has 0 aliphatic rings. The molecule has 0 spiro atoms. The van der Waals surface area contributed by atoms with Crippen LogP contribution in [0, 0.1) is 0 Å². The largest absolute Gasteiger partial charge is 0.504 e. The lowest BCUT2D eigenvalue weighted by molar-refractivity contribution is -0.432. The number of aromatic nitrogens is 3. The van der Waals surface area contributed by atoms with Gasteiger partial charge in [-0.15, -0.1) is 14.6 Å². The molecule has 0 bridgehead atoms. The van der Waals surface area contributed by atoms with Crippen molar-refractivity contribution < 1.29 is 78.1 Å². The van der Waals surface area contributed by atoms with E-state index in [1.54, 1.807) is 18.2 Å². The summed E-state index contributed by atoms with van der Waals surface area (Å²) in [5.41, 5.74) is 1.57. The lowest BCUT2D eigenvalue weighted by Gasteiger charge is -2.13. The molecule has 1 heterocycles. The minimum Gasteiger partial charge on any atom is -0.504 e. The Morgan fingerprint density at radius 3 is 2.11 bits per heavy atom. The smallest absolute Gasteiger partial charge is 0.397 e. The maximum absolute atomic E-state index is 12.6. The topological polar surface area (TPSA) is 397 Å². The quantitative estimate of drug-likeness (QED) is 0.00550. The van der Waals surface area contributed by atoms with Crippen LogP contribution in [0.25, 0.3) is 0 Å². The van der Waals surface area contributed by atoms with E-state index in [1.165, 1.54) is 42.5 Å². The molecular weight excluding hydrogens is 955 g/mol. The number of azo groups is 1. The van der Waals surface area contributed by atoms with E-state index in [0.29, 0.717) is 23.8 Å². The Bertz CT molecular complexity index is 2930. The Hall–Kier alpha value is -6.39. The molecule has 26 nitrogen and oxygen atoms in total. The van der Waals surface area contributed by atoms with Crippen molar-refractivity contribution in [3.05, 3.63) is 96.1 Å². The number of sulfone groups is 1. The third kappa shape index (κ3) is 14.3. The summed E-state index contributed by atoms with van der Waals surface area (Å²) in [6, 6.07) is 18.1. The number of carboxylic acid groups (broad SMARTS) is 2. The number of carboxylic acids is 2. The average molecular weight is 984 g/mol. The van der Waals surface area contributed by atoms with Crippen LogP contribution in [0.5, 0.6) is 5.75 Å². The van der Waals surface area contributed by atoms with Crippen molar-refractivity contribution in [3.8, 4) is 5.75 Å². The Labute approximate surface area is 369 Å². The molecule has 1 aromatic heterocycles. The first-order valence-electron chi connectivity index (χ1n) is 17.0. The maximum Gasteiger partial charge on any atom is 0.397 e. The number of rotatable bonds is 21. The van der Waals surface area contributed by atoms with E-state index in [-0.39, 0.29) is 49.2 Å². The summed E-state index contributed by atoms with van der Waals surface area (Å²) in [5.74, 6) is -5.72. The molecule has 0 saturated carbocycles. The molecule has 4 aromatic carbocycles. The number of hydrazone groups is 1. The van der Waals surface area contributed by atoms with Crippen LogP contribution < -0.4 is 16.1 Å². The number of aliphatic carboxylic acids is 1. The van der Waals surface area contributed by atoms with Gasteiger partial charge in [0, 0.05) is 16.1 Å². The molecule has 0 amide bonds. The van der Waals surface area contributed by atoms with Gasteiger partial charge in [0.15, 0.2) is 20.7 Å². The molecule has 9 N–H and O–H groups in total. The Morgan fingerprint density at radius 2 is 1.48 bits per heavy atom. The van der Waals surface area contributed by atoms with E-state index in [9.17, 15) is 54.7 Å². The third-order valence-electron chi connectivity index (χ3n) is 7.55. The number of aromatic carboxylic acids is 1. The summed E-state index contributed by atoms with van der Waals surface area (Å²) in [6.45, 7) is -0.862. The maximum atomic E-state index is 12.6. The minimum absolute atomic E-state index is 0.0931. The van der Waals surface area contributed by atoms with Crippen molar-refractivity contribution in [3.63, 3.8) is 0 Å². The standard InChI is InChI=1S/C33H29N9O17S5/c43-27(44)17-60-33-37-31(34-19-6-9-21(10-7-19)62(49,50)13-12-57-64(54,55)56)36-32(38-33)35-25-15-22(63(51,52)53)16-26(28(25)45)40-42-29(18-4-2-1-3-5-18)41-39-24-14-20(61-59-58-48)8-11-23(24)30(46)47/h1-11,14-16,39,45,48H,12-13,17H2,(H,43,44)(H,46,47)(H,51,52,53)(H,54,55,56)(H2,34,35,36,37,38). The van der Waals surface area contributed by atoms with E-state index in [0.717, 1.165) is 24.3 Å². The first kappa shape index (κ1) is 48.6. The van der Waals surface area contributed by atoms with Gasteiger partial charge < -0.3 is 26.0 Å². The monoisotopic (exact) mass is 983 g/mol. The summed E-state index contributed by atoms with van der Waals surface area (Å²) in [7, 11) is -14.0. The van der Waals surface area contributed by atoms with Crippen molar-refractivity contribution in [1.82, 2.24) is 15.0 Å². The van der Waals surface area contributed by atoms with E-state index in [2.05, 4.69) is 59.9 Å². The molecule has 0 saturated heterocycles. The molecule has 0 radical (unpaired) electrons. The van der Waals surface area contributed by atoms with Crippen molar-refractivity contribution in [2.45, 2.75) is 19.8 Å². The zero-order chi connectivity index (χ0) is 46.7. The number of hydrogen-bond donors (Lipinski definition) is 9. The van der Waals surface area contributed by atoms with Crippen molar-refractivity contribution >= 4 is 107 Å². The number of amidine groups is 1. The molecule has 338 valence electrons. The number of phenolic OH excluding ortho intramolecular Hbond substituents is 1. The van der Waals surface area contributed by atoms with Crippen LogP contribution in [0.4, 0.5) is 34.6 Å². The zero-order valence-corrected chi connectivity index (χ0v) is 35.7. The SMILES string of the molecule is O=C(O)CSc1nc(Nc2ccc(S(=O)(=O)CCOS(=O)(=O)O)cc2)nc(Nc2cc(S(=O)(=O)O)cc(N=NC(=NNc3cc(SOOO)ccc3C(=O)O)c3ccccc3)c2O)n1. The molecule has 0 fully saturated rings. The summed E-state index contributed by atoms with van der Waals surface area (Å²) in [5, 5.41) is 59.7. The number of benzene rings is 4. The predicted molar refractivity (Wildman–Crippen MR) is 224 cm³/mol. The molecule has 0 aliphatic heterocycles.